The van der Waals surface area contributed by atoms with Crippen molar-refractivity contribution in [3.05, 3.63) is 53.8 Å². The summed E-state index contributed by atoms with van der Waals surface area (Å²) >= 11 is 0. The summed E-state index contributed by atoms with van der Waals surface area (Å²) in [5.74, 6) is 0.344. The standard InChI is InChI=1S/C20H24FNO3/c1-13(25-16-9-7-15(21)8-10-16)19(23)22-17-12-14(20(2,3)4)6-11-18(17)24-5/h6-13H,1-5H3,(H,22,23). The fraction of sp³-hybridized carbons (Fsp3) is 0.350. The van der Waals surface area contributed by atoms with Crippen molar-refractivity contribution >= 4 is 11.6 Å². The first-order chi connectivity index (χ1) is 11.7. The van der Waals surface area contributed by atoms with Crippen LogP contribution < -0.4 is 14.8 Å². The molecule has 25 heavy (non-hydrogen) atoms. The van der Waals surface area contributed by atoms with Gasteiger partial charge in [0.05, 0.1) is 12.8 Å². The van der Waals surface area contributed by atoms with E-state index in [-0.39, 0.29) is 17.1 Å². The Balaban J connectivity index is 2.14. The molecule has 4 nitrogen and oxygen atoms in total. The van der Waals surface area contributed by atoms with Crippen molar-refractivity contribution in [2.75, 3.05) is 12.4 Å². The molecule has 0 fully saturated rings. The van der Waals surface area contributed by atoms with Crippen molar-refractivity contribution in [3.63, 3.8) is 0 Å². The Kier molecular flexibility index (Phi) is 5.67. The predicted octanol–water partition coefficient (Wildman–Crippen LogP) is 4.54. The summed E-state index contributed by atoms with van der Waals surface area (Å²) in [5.41, 5.74) is 1.62. The number of hydrogen-bond donors (Lipinski definition) is 1. The van der Waals surface area contributed by atoms with Crippen LogP contribution in [-0.4, -0.2) is 19.1 Å². The zero-order valence-corrected chi connectivity index (χ0v) is 15.2. The third-order valence-corrected chi connectivity index (χ3v) is 3.82. The van der Waals surface area contributed by atoms with Gasteiger partial charge in [0.25, 0.3) is 5.91 Å². The highest BCUT2D eigenvalue weighted by Crippen LogP contribution is 2.31. The number of carbonyl (C=O) groups excluding carboxylic acids is 1. The van der Waals surface area contributed by atoms with Crippen molar-refractivity contribution in [1.82, 2.24) is 0 Å². The quantitative estimate of drug-likeness (QED) is 0.865. The third kappa shape index (κ3) is 4.95. The van der Waals surface area contributed by atoms with Crippen molar-refractivity contribution in [2.45, 2.75) is 39.2 Å². The molecule has 0 aromatic heterocycles. The summed E-state index contributed by atoms with van der Waals surface area (Å²) in [7, 11) is 1.56. The third-order valence-electron chi connectivity index (χ3n) is 3.82. The number of ether oxygens (including phenoxy) is 2. The van der Waals surface area contributed by atoms with Crippen LogP contribution in [0, 0.1) is 5.82 Å². The summed E-state index contributed by atoms with van der Waals surface area (Å²) in [6.45, 7) is 7.93. The van der Waals surface area contributed by atoms with E-state index in [1.54, 1.807) is 14.0 Å². The zero-order chi connectivity index (χ0) is 18.6. The number of halogens is 1. The maximum atomic E-state index is 12.9. The fourth-order valence-corrected chi connectivity index (χ4v) is 2.28. The van der Waals surface area contributed by atoms with E-state index in [0.717, 1.165) is 5.56 Å². The Hall–Kier alpha value is -2.56. The van der Waals surface area contributed by atoms with Crippen molar-refractivity contribution in [1.29, 1.82) is 0 Å². The van der Waals surface area contributed by atoms with Gasteiger partial charge in [0.15, 0.2) is 6.10 Å². The van der Waals surface area contributed by atoms with E-state index in [0.29, 0.717) is 17.2 Å². The van der Waals surface area contributed by atoms with Crippen LogP contribution >= 0.6 is 0 Å². The monoisotopic (exact) mass is 345 g/mol. The van der Waals surface area contributed by atoms with Gasteiger partial charge in [-0.15, -0.1) is 0 Å². The largest absolute Gasteiger partial charge is 0.495 e. The van der Waals surface area contributed by atoms with E-state index < -0.39 is 6.10 Å². The smallest absolute Gasteiger partial charge is 0.265 e. The number of carbonyl (C=O) groups is 1. The van der Waals surface area contributed by atoms with Crippen LogP contribution in [0.3, 0.4) is 0 Å². The summed E-state index contributed by atoms with van der Waals surface area (Å²) < 4.78 is 23.8. The lowest BCUT2D eigenvalue weighted by Gasteiger charge is -2.22. The summed E-state index contributed by atoms with van der Waals surface area (Å²) in [6, 6.07) is 11.3. The van der Waals surface area contributed by atoms with Crippen LogP contribution in [0.4, 0.5) is 10.1 Å². The Morgan fingerprint density at radius 2 is 1.76 bits per heavy atom. The second-order valence-corrected chi connectivity index (χ2v) is 6.87. The number of nitrogens with one attached hydrogen (secondary N) is 1. The second-order valence-electron chi connectivity index (χ2n) is 6.87. The molecule has 2 rings (SSSR count). The van der Waals surface area contributed by atoms with E-state index in [2.05, 4.69) is 26.1 Å². The second kappa shape index (κ2) is 7.55. The molecule has 0 radical (unpaired) electrons. The maximum absolute atomic E-state index is 12.9. The predicted molar refractivity (Wildman–Crippen MR) is 96.8 cm³/mol. The summed E-state index contributed by atoms with van der Waals surface area (Å²) in [6.07, 6.45) is -0.742. The minimum atomic E-state index is -0.742. The lowest BCUT2D eigenvalue weighted by atomic mass is 9.87. The molecule has 0 aliphatic heterocycles. The number of rotatable bonds is 5. The van der Waals surface area contributed by atoms with Gasteiger partial charge in [-0.2, -0.15) is 0 Å². The normalized spacial score (nSPS) is 12.4. The number of amides is 1. The van der Waals surface area contributed by atoms with E-state index in [1.807, 2.05) is 18.2 Å². The number of benzene rings is 2. The molecule has 1 N–H and O–H groups in total. The van der Waals surface area contributed by atoms with Crippen LogP contribution in [0.5, 0.6) is 11.5 Å². The lowest BCUT2D eigenvalue weighted by molar-refractivity contribution is -0.122. The van der Waals surface area contributed by atoms with Crippen LogP contribution in [0.2, 0.25) is 0 Å². The van der Waals surface area contributed by atoms with E-state index in [9.17, 15) is 9.18 Å². The molecule has 0 saturated heterocycles. The van der Waals surface area contributed by atoms with Crippen LogP contribution in [0.25, 0.3) is 0 Å². The van der Waals surface area contributed by atoms with Gasteiger partial charge in [-0.3, -0.25) is 4.79 Å². The molecular formula is C20H24FNO3. The molecule has 0 bridgehead atoms. The molecule has 0 aliphatic rings. The van der Waals surface area contributed by atoms with Gasteiger partial charge in [0.1, 0.15) is 17.3 Å². The van der Waals surface area contributed by atoms with Crippen molar-refractivity contribution in [3.8, 4) is 11.5 Å². The molecule has 1 amide bonds. The molecule has 0 saturated carbocycles. The van der Waals surface area contributed by atoms with E-state index >= 15 is 0 Å². The number of hydrogen-bond acceptors (Lipinski definition) is 3. The summed E-state index contributed by atoms with van der Waals surface area (Å²) in [4.78, 5) is 12.4. The molecule has 5 heteroatoms. The highest BCUT2D eigenvalue weighted by atomic mass is 19.1. The molecule has 0 aliphatic carbocycles. The molecule has 134 valence electrons. The highest BCUT2D eigenvalue weighted by molar-refractivity contribution is 5.95. The average Bonchev–Trinajstić information content (AvgIpc) is 2.56. The van der Waals surface area contributed by atoms with Gasteiger partial charge in [0.2, 0.25) is 0 Å². The minimum Gasteiger partial charge on any atom is -0.495 e. The Morgan fingerprint density at radius 3 is 2.32 bits per heavy atom. The Morgan fingerprint density at radius 1 is 1.12 bits per heavy atom. The van der Waals surface area contributed by atoms with Gasteiger partial charge >= 0.3 is 0 Å². The summed E-state index contributed by atoms with van der Waals surface area (Å²) in [5, 5.41) is 2.84. The molecule has 2 aromatic carbocycles. The van der Waals surface area contributed by atoms with Crippen LogP contribution in [0.1, 0.15) is 33.3 Å². The van der Waals surface area contributed by atoms with Crippen LogP contribution in [-0.2, 0) is 10.2 Å². The van der Waals surface area contributed by atoms with Crippen molar-refractivity contribution < 1.29 is 18.7 Å². The van der Waals surface area contributed by atoms with Crippen LogP contribution in [0.15, 0.2) is 42.5 Å². The first kappa shape index (κ1) is 18.8. The molecule has 1 unspecified atom stereocenters. The molecular weight excluding hydrogens is 321 g/mol. The average molecular weight is 345 g/mol. The first-order valence-corrected chi connectivity index (χ1v) is 8.12. The van der Waals surface area contributed by atoms with Gasteiger partial charge in [-0.05, 0) is 54.3 Å². The number of anilines is 1. The lowest BCUT2D eigenvalue weighted by Crippen LogP contribution is -2.30. The van der Waals surface area contributed by atoms with Gasteiger partial charge < -0.3 is 14.8 Å². The van der Waals surface area contributed by atoms with Gasteiger partial charge in [-0.25, -0.2) is 4.39 Å². The van der Waals surface area contributed by atoms with Gasteiger partial charge in [0, 0.05) is 0 Å². The number of methoxy groups -OCH3 is 1. The maximum Gasteiger partial charge on any atom is 0.265 e. The minimum absolute atomic E-state index is 0.0536. The molecule has 2 aromatic rings. The zero-order valence-electron chi connectivity index (χ0n) is 15.2. The highest BCUT2D eigenvalue weighted by Gasteiger charge is 2.20. The first-order valence-electron chi connectivity index (χ1n) is 8.12. The molecule has 0 heterocycles. The molecule has 0 spiro atoms. The topological polar surface area (TPSA) is 47.6 Å². The fourth-order valence-electron chi connectivity index (χ4n) is 2.28. The Bertz CT molecular complexity index is 736. The van der Waals surface area contributed by atoms with E-state index in [1.165, 1.54) is 24.3 Å². The van der Waals surface area contributed by atoms with Crippen molar-refractivity contribution in [2.24, 2.45) is 0 Å². The van der Waals surface area contributed by atoms with E-state index in [4.69, 9.17) is 9.47 Å². The Labute approximate surface area is 148 Å². The van der Waals surface area contributed by atoms with Gasteiger partial charge in [-0.1, -0.05) is 26.8 Å². The molecule has 1 atom stereocenters. The SMILES string of the molecule is COc1ccc(C(C)(C)C)cc1NC(=O)C(C)Oc1ccc(F)cc1.